The van der Waals surface area contributed by atoms with Crippen molar-refractivity contribution in [2.75, 3.05) is 11.9 Å². The van der Waals surface area contributed by atoms with Gasteiger partial charge in [0, 0.05) is 25.1 Å². The van der Waals surface area contributed by atoms with E-state index in [-0.39, 0.29) is 24.8 Å². The second-order valence-corrected chi connectivity index (χ2v) is 6.65. The van der Waals surface area contributed by atoms with Gasteiger partial charge in [0.1, 0.15) is 0 Å². The first-order valence-electron chi connectivity index (χ1n) is 8.94. The Hall–Kier alpha value is -2.70. The van der Waals surface area contributed by atoms with Crippen LogP contribution in [0.25, 0.3) is 0 Å². The molecule has 0 fully saturated rings. The van der Waals surface area contributed by atoms with E-state index in [1.165, 1.54) is 0 Å². The molecule has 3 rings (SSSR count). The van der Waals surface area contributed by atoms with Gasteiger partial charge in [-0.2, -0.15) is 4.98 Å². The van der Waals surface area contributed by atoms with Crippen LogP contribution in [-0.4, -0.2) is 33.4 Å². The van der Waals surface area contributed by atoms with Crippen molar-refractivity contribution in [3.8, 4) is 0 Å². The highest BCUT2D eigenvalue weighted by Crippen LogP contribution is 2.38. The van der Waals surface area contributed by atoms with E-state index in [0.717, 1.165) is 22.4 Å². The minimum absolute atomic E-state index is 0.100. The number of nitrogens with zero attached hydrogens (tertiary/aromatic N) is 3. The Kier molecular flexibility index (Phi) is 5.06. The first-order valence-corrected chi connectivity index (χ1v) is 8.94. The third kappa shape index (κ3) is 3.47. The summed E-state index contributed by atoms with van der Waals surface area (Å²) in [6, 6.07) is 3.99. The molecular weight excluding hydrogens is 332 g/mol. The van der Waals surface area contributed by atoms with Gasteiger partial charge >= 0.3 is 0 Å². The summed E-state index contributed by atoms with van der Waals surface area (Å²) in [7, 11) is 0. The average molecular weight is 356 g/mol. The quantitative estimate of drug-likeness (QED) is 0.860. The summed E-state index contributed by atoms with van der Waals surface area (Å²) in [4.78, 5) is 31.1. The number of carbonyl (C=O) groups excluding carboxylic acids is 2. The highest BCUT2D eigenvalue weighted by atomic mass is 16.5. The minimum atomic E-state index is -0.457. The van der Waals surface area contributed by atoms with Gasteiger partial charge < -0.3 is 14.7 Å². The van der Waals surface area contributed by atoms with Crippen LogP contribution in [0.5, 0.6) is 0 Å². The summed E-state index contributed by atoms with van der Waals surface area (Å²) >= 11 is 0. The summed E-state index contributed by atoms with van der Waals surface area (Å²) in [6.45, 7) is 8.58. The lowest BCUT2D eigenvalue weighted by molar-refractivity contribution is -0.134. The molecule has 1 aliphatic rings. The molecule has 2 heterocycles. The van der Waals surface area contributed by atoms with Gasteiger partial charge in [0.2, 0.25) is 17.7 Å². The number of anilines is 1. The van der Waals surface area contributed by atoms with Crippen LogP contribution in [0.4, 0.5) is 5.69 Å². The molecule has 0 aliphatic carbocycles. The van der Waals surface area contributed by atoms with Crippen LogP contribution in [0.15, 0.2) is 16.7 Å². The molecule has 0 bridgehead atoms. The number of benzene rings is 1. The Bertz CT molecular complexity index is 843. The molecule has 0 saturated heterocycles. The zero-order chi connectivity index (χ0) is 18.8. The zero-order valence-electron chi connectivity index (χ0n) is 15.6. The maximum atomic E-state index is 12.8. The first-order chi connectivity index (χ1) is 12.4. The summed E-state index contributed by atoms with van der Waals surface area (Å²) in [5, 5.41) is 6.76. The lowest BCUT2D eigenvalue weighted by Gasteiger charge is -2.21. The van der Waals surface area contributed by atoms with E-state index >= 15 is 0 Å². The predicted octanol–water partition coefficient (Wildman–Crippen LogP) is 2.72. The van der Waals surface area contributed by atoms with Gasteiger partial charge in [0.25, 0.3) is 0 Å². The fraction of sp³-hybridized carbons (Fsp3) is 0.474. The zero-order valence-corrected chi connectivity index (χ0v) is 15.6. The van der Waals surface area contributed by atoms with E-state index in [2.05, 4.69) is 15.5 Å². The molecule has 0 saturated carbocycles. The van der Waals surface area contributed by atoms with E-state index in [9.17, 15) is 9.59 Å². The summed E-state index contributed by atoms with van der Waals surface area (Å²) in [5.74, 6) is 0.362. The number of aromatic nitrogens is 2. The van der Waals surface area contributed by atoms with Crippen LogP contribution in [0.2, 0.25) is 0 Å². The van der Waals surface area contributed by atoms with Crippen LogP contribution >= 0.6 is 0 Å². The van der Waals surface area contributed by atoms with Crippen LogP contribution in [0, 0.1) is 13.8 Å². The number of aryl methyl sites for hydroxylation is 3. The van der Waals surface area contributed by atoms with Gasteiger partial charge in [-0.25, -0.2) is 0 Å². The molecule has 7 nitrogen and oxygen atoms in total. The topological polar surface area (TPSA) is 88.3 Å². The van der Waals surface area contributed by atoms with Crippen LogP contribution in [0.3, 0.4) is 0 Å². The van der Waals surface area contributed by atoms with Crippen molar-refractivity contribution >= 4 is 17.5 Å². The van der Waals surface area contributed by atoms with Gasteiger partial charge in [0.05, 0.1) is 12.5 Å². The first kappa shape index (κ1) is 18.1. The van der Waals surface area contributed by atoms with Crippen molar-refractivity contribution in [1.82, 2.24) is 15.0 Å². The fourth-order valence-electron chi connectivity index (χ4n) is 3.43. The molecule has 0 radical (unpaired) electrons. The van der Waals surface area contributed by atoms with Crippen molar-refractivity contribution < 1.29 is 14.1 Å². The molecule has 2 aromatic rings. The van der Waals surface area contributed by atoms with Crippen molar-refractivity contribution in [3.05, 3.63) is 40.5 Å². The maximum absolute atomic E-state index is 12.8. The largest absolute Gasteiger partial charge is 0.337 e. The SMILES string of the molecule is CCc1noc(CN(CC)C(=O)C[C@H]2C(=O)Nc3cc(C)cc(C)c32)n1. The molecule has 2 amide bonds. The van der Waals surface area contributed by atoms with Gasteiger partial charge in [-0.05, 0) is 43.5 Å². The monoisotopic (exact) mass is 356 g/mol. The van der Waals surface area contributed by atoms with Gasteiger partial charge in [-0.1, -0.05) is 18.1 Å². The van der Waals surface area contributed by atoms with Gasteiger partial charge in [-0.15, -0.1) is 0 Å². The third-order valence-electron chi connectivity index (χ3n) is 4.72. The lowest BCUT2D eigenvalue weighted by atomic mass is 9.91. The van der Waals surface area contributed by atoms with E-state index in [0.29, 0.717) is 24.7 Å². The Morgan fingerprint density at radius 3 is 2.73 bits per heavy atom. The maximum Gasteiger partial charge on any atom is 0.246 e. The molecule has 26 heavy (non-hydrogen) atoms. The smallest absolute Gasteiger partial charge is 0.246 e. The van der Waals surface area contributed by atoms with Crippen molar-refractivity contribution in [1.29, 1.82) is 0 Å². The second-order valence-electron chi connectivity index (χ2n) is 6.65. The number of amides is 2. The Balaban J connectivity index is 1.75. The lowest BCUT2D eigenvalue weighted by Crippen LogP contribution is -2.32. The molecule has 1 atom stereocenters. The average Bonchev–Trinajstić information content (AvgIpc) is 3.17. The van der Waals surface area contributed by atoms with Gasteiger partial charge in [-0.3, -0.25) is 9.59 Å². The Morgan fingerprint density at radius 2 is 2.08 bits per heavy atom. The number of nitrogens with one attached hydrogen (secondary N) is 1. The number of hydrogen-bond acceptors (Lipinski definition) is 5. The molecule has 1 aromatic carbocycles. The highest BCUT2D eigenvalue weighted by Gasteiger charge is 2.35. The highest BCUT2D eigenvalue weighted by molar-refractivity contribution is 6.05. The van der Waals surface area contributed by atoms with E-state index in [4.69, 9.17) is 4.52 Å². The standard InChI is InChI=1S/C19H24N4O3/c1-5-15-21-16(26-22-15)10-23(6-2)17(24)9-13-18-12(4)7-11(3)8-14(18)20-19(13)25/h7-8,13H,5-6,9-10H2,1-4H3,(H,20,25)/t13-/m1/s1. The molecule has 1 aliphatic heterocycles. The van der Waals surface area contributed by atoms with Crippen molar-refractivity contribution in [2.45, 2.75) is 53.0 Å². The molecule has 138 valence electrons. The number of rotatable bonds is 6. The molecule has 1 N–H and O–H groups in total. The molecule has 0 spiro atoms. The van der Waals surface area contributed by atoms with Crippen LogP contribution < -0.4 is 5.32 Å². The Labute approximate surface area is 152 Å². The number of hydrogen-bond donors (Lipinski definition) is 1. The molecule has 7 heteroatoms. The van der Waals surface area contributed by atoms with Crippen molar-refractivity contribution in [3.63, 3.8) is 0 Å². The fourth-order valence-corrected chi connectivity index (χ4v) is 3.43. The van der Waals surface area contributed by atoms with E-state index < -0.39 is 5.92 Å². The summed E-state index contributed by atoms with van der Waals surface area (Å²) in [6.07, 6.45) is 0.812. The summed E-state index contributed by atoms with van der Waals surface area (Å²) in [5.41, 5.74) is 3.87. The molecular formula is C19H24N4O3. The second kappa shape index (κ2) is 7.27. The van der Waals surface area contributed by atoms with E-state index in [1.54, 1.807) is 4.90 Å². The van der Waals surface area contributed by atoms with Gasteiger partial charge in [0.15, 0.2) is 5.82 Å². The van der Waals surface area contributed by atoms with Crippen LogP contribution in [0.1, 0.15) is 54.6 Å². The molecule has 0 unspecified atom stereocenters. The summed E-state index contributed by atoms with van der Waals surface area (Å²) < 4.78 is 5.18. The van der Waals surface area contributed by atoms with Crippen LogP contribution in [-0.2, 0) is 22.6 Å². The number of fused-ring (bicyclic) bond motifs is 1. The third-order valence-corrected chi connectivity index (χ3v) is 4.72. The van der Waals surface area contributed by atoms with Crippen molar-refractivity contribution in [2.24, 2.45) is 0 Å². The normalized spacial score (nSPS) is 15.7. The Morgan fingerprint density at radius 1 is 1.31 bits per heavy atom. The minimum Gasteiger partial charge on any atom is -0.337 e. The number of carbonyl (C=O) groups is 2. The molecule has 1 aromatic heterocycles. The van der Waals surface area contributed by atoms with E-state index in [1.807, 2.05) is 39.8 Å². The predicted molar refractivity (Wildman–Crippen MR) is 96.7 cm³/mol.